The third-order valence-electron chi connectivity index (χ3n) is 3.21. The Bertz CT molecular complexity index is 810. The Hall–Kier alpha value is -1.69. The topological polar surface area (TPSA) is 42.0 Å². The minimum Gasteiger partial charge on any atom is -0.297 e. The number of nitrogens with one attached hydrogen (secondary N) is 1. The molecule has 1 aromatic carbocycles. The van der Waals surface area contributed by atoms with Crippen LogP contribution in [0.25, 0.3) is 11.3 Å². The van der Waals surface area contributed by atoms with Crippen molar-refractivity contribution < 1.29 is 4.79 Å². The van der Waals surface area contributed by atoms with Crippen LogP contribution in [-0.2, 0) is 6.42 Å². The first kappa shape index (κ1) is 15.2. The number of amides is 1. The number of halogens is 1. The molecule has 3 aromatic rings. The summed E-state index contributed by atoms with van der Waals surface area (Å²) in [5.74, 6) is -0.105. The number of thiazole rings is 1. The van der Waals surface area contributed by atoms with Gasteiger partial charge in [0, 0.05) is 16.0 Å². The van der Waals surface area contributed by atoms with Gasteiger partial charge in [0.1, 0.15) is 0 Å². The molecule has 0 bridgehead atoms. The second kappa shape index (κ2) is 6.60. The van der Waals surface area contributed by atoms with Gasteiger partial charge in [-0.05, 0) is 29.5 Å². The molecule has 22 heavy (non-hydrogen) atoms. The van der Waals surface area contributed by atoms with E-state index in [4.69, 9.17) is 11.6 Å². The largest absolute Gasteiger partial charge is 0.297 e. The molecule has 3 nitrogen and oxygen atoms in total. The molecule has 0 atom stereocenters. The molecule has 0 unspecified atom stereocenters. The molecular weight excluding hydrogens is 336 g/mol. The quantitative estimate of drug-likeness (QED) is 0.691. The summed E-state index contributed by atoms with van der Waals surface area (Å²) in [7, 11) is 0. The van der Waals surface area contributed by atoms with Crippen LogP contribution in [0.15, 0.2) is 41.1 Å². The van der Waals surface area contributed by atoms with Gasteiger partial charge in [0.25, 0.3) is 5.91 Å². The number of nitrogens with zero attached hydrogens (tertiary/aromatic N) is 1. The normalized spacial score (nSPS) is 10.6. The highest BCUT2D eigenvalue weighted by Crippen LogP contribution is 2.30. The number of benzene rings is 1. The minimum absolute atomic E-state index is 0.105. The first-order valence-corrected chi connectivity index (χ1v) is 8.91. The summed E-state index contributed by atoms with van der Waals surface area (Å²) >= 11 is 9.02. The van der Waals surface area contributed by atoms with Crippen molar-refractivity contribution in [3.8, 4) is 11.3 Å². The lowest BCUT2D eigenvalue weighted by molar-refractivity contribution is 0.103. The highest BCUT2D eigenvalue weighted by atomic mass is 35.5. The van der Waals surface area contributed by atoms with E-state index in [1.54, 1.807) is 0 Å². The van der Waals surface area contributed by atoms with Crippen LogP contribution < -0.4 is 5.32 Å². The summed E-state index contributed by atoms with van der Waals surface area (Å²) < 4.78 is 0. The van der Waals surface area contributed by atoms with Crippen LogP contribution in [0.4, 0.5) is 5.13 Å². The number of rotatable bonds is 4. The maximum atomic E-state index is 12.3. The maximum Gasteiger partial charge on any atom is 0.267 e. The van der Waals surface area contributed by atoms with Gasteiger partial charge >= 0.3 is 0 Å². The molecule has 0 radical (unpaired) electrons. The van der Waals surface area contributed by atoms with E-state index in [1.165, 1.54) is 22.7 Å². The molecule has 0 aliphatic rings. The van der Waals surface area contributed by atoms with Gasteiger partial charge in [-0.2, -0.15) is 0 Å². The average Bonchev–Trinajstić information content (AvgIpc) is 3.16. The van der Waals surface area contributed by atoms with Crippen LogP contribution in [0.5, 0.6) is 0 Å². The average molecular weight is 349 g/mol. The minimum atomic E-state index is -0.105. The van der Waals surface area contributed by atoms with Crippen LogP contribution in [0.2, 0.25) is 5.02 Å². The lowest BCUT2D eigenvalue weighted by Gasteiger charge is -2.02. The zero-order valence-corrected chi connectivity index (χ0v) is 14.2. The van der Waals surface area contributed by atoms with Crippen molar-refractivity contribution in [2.24, 2.45) is 0 Å². The number of aromatic nitrogens is 1. The third-order valence-corrected chi connectivity index (χ3v) is 5.25. The van der Waals surface area contributed by atoms with E-state index in [-0.39, 0.29) is 5.91 Å². The predicted octanol–water partition coefficient (Wildman–Crippen LogP) is 5.34. The van der Waals surface area contributed by atoms with E-state index in [2.05, 4.69) is 10.3 Å². The molecule has 0 saturated carbocycles. The Morgan fingerprint density at radius 1 is 1.27 bits per heavy atom. The zero-order chi connectivity index (χ0) is 15.5. The van der Waals surface area contributed by atoms with E-state index in [0.29, 0.717) is 10.2 Å². The van der Waals surface area contributed by atoms with Crippen molar-refractivity contribution in [2.75, 3.05) is 5.32 Å². The van der Waals surface area contributed by atoms with Crippen molar-refractivity contribution >= 4 is 45.3 Å². The van der Waals surface area contributed by atoms with E-state index in [0.717, 1.165) is 28.1 Å². The number of hydrogen-bond donors (Lipinski definition) is 1. The van der Waals surface area contributed by atoms with Gasteiger partial charge in [-0.3, -0.25) is 10.1 Å². The molecule has 0 saturated heterocycles. The molecule has 6 heteroatoms. The highest BCUT2D eigenvalue weighted by Gasteiger charge is 2.14. The van der Waals surface area contributed by atoms with Crippen LogP contribution in [0.3, 0.4) is 0 Å². The fourth-order valence-electron chi connectivity index (χ4n) is 2.09. The van der Waals surface area contributed by atoms with Crippen molar-refractivity contribution in [3.05, 3.63) is 56.6 Å². The van der Waals surface area contributed by atoms with Crippen molar-refractivity contribution in [3.63, 3.8) is 0 Å². The second-order valence-electron chi connectivity index (χ2n) is 4.60. The Morgan fingerprint density at radius 2 is 2.09 bits per heavy atom. The first-order chi connectivity index (χ1) is 10.7. The zero-order valence-electron chi connectivity index (χ0n) is 11.8. The SMILES string of the molecule is CCc1ccsc1C(=O)Nc1nc(-c2ccccc2Cl)cs1. The summed E-state index contributed by atoms with van der Waals surface area (Å²) in [4.78, 5) is 17.5. The lowest BCUT2D eigenvalue weighted by atomic mass is 10.2. The Labute approximate surface area is 141 Å². The monoisotopic (exact) mass is 348 g/mol. The van der Waals surface area contributed by atoms with E-state index in [1.807, 2.05) is 48.0 Å². The van der Waals surface area contributed by atoms with E-state index in [9.17, 15) is 4.79 Å². The smallest absolute Gasteiger partial charge is 0.267 e. The Balaban J connectivity index is 1.80. The van der Waals surface area contributed by atoms with Gasteiger partial charge in [0.2, 0.25) is 0 Å². The molecule has 0 aliphatic carbocycles. The molecule has 1 amide bonds. The standard InChI is InChI=1S/C16H13ClN2OS2/c1-2-10-7-8-21-14(10)15(20)19-16-18-13(9-22-16)11-5-3-4-6-12(11)17/h3-9H,2H2,1H3,(H,18,19,20). The highest BCUT2D eigenvalue weighted by molar-refractivity contribution is 7.14. The summed E-state index contributed by atoms with van der Waals surface area (Å²) in [6, 6.07) is 9.52. The van der Waals surface area contributed by atoms with Crippen LogP contribution in [0, 0.1) is 0 Å². The third kappa shape index (κ3) is 3.06. The molecule has 3 rings (SSSR count). The van der Waals surface area contributed by atoms with Crippen LogP contribution >= 0.6 is 34.3 Å². The number of carbonyl (C=O) groups excluding carboxylic acids is 1. The first-order valence-electron chi connectivity index (χ1n) is 6.77. The molecule has 1 N–H and O–H groups in total. The van der Waals surface area contributed by atoms with Crippen molar-refractivity contribution in [1.82, 2.24) is 4.98 Å². The molecule has 0 aliphatic heterocycles. The van der Waals surface area contributed by atoms with Crippen molar-refractivity contribution in [2.45, 2.75) is 13.3 Å². The number of anilines is 1. The van der Waals surface area contributed by atoms with Gasteiger partial charge in [-0.1, -0.05) is 36.7 Å². The van der Waals surface area contributed by atoms with Crippen LogP contribution in [0.1, 0.15) is 22.2 Å². The van der Waals surface area contributed by atoms with E-state index >= 15 is 0 Å². The summed E-state index contributed by atoms with van der Waals surface area (Å²) in [6.45, 7) is 2.04. The molecular formula is C16H13ClN2OS2. The van der Waals surface area contributed by atoms with Crippen LogP contribution in [-0.4, -0.2) is 10.9 Å². The van der Waals surface area contributed by atoms with Gasteiger partial charge in [-0.15, -0.1) is 22.7 Å². The Kier molecular flexibility index (Phi) is 4.57. The van der Waals surface area contributed by atoms with Gasteiger partial charge < -0.3 is 0 Å². The number of thiophene rings is 1. The molecule has 0 spiro atoms. The van der Waals surface area contributed by atoms with Gasteiger partial charge in [0.05, 0.1) is 10.6 Å². The lowest BCUT2D eigenvalue weighted by Crippen LogP contribution is -2.11. The summed E-state index contributed by atoms with van der Waals surface area (Å²) in [6.07, 6.45) is 0.842. The number of carbonyl (C=O) groups is 1. The van der Waals surface area contributed by atoms with Crippen molar-refractivity contribution in [1.29, 1.82) is 0 Å². The van der Waals surface area contributed by atoms with Gasteiger partial charge in [-0.25, -0.2) is 4.98 Å². The summed E-state index contributed by atoms with van der Waals surface area (Å²) in [5, 5.41) is 7.92. The maximum absolute atomic E-state index is 12.3. The van der Waals surface area contributed by atoms with E-state index < -0.39 is 0 Å². The number of aryl methyl sites for hydroxylation is 1. The molecule has 2 heterocycles. The second-order valence-corrected chi connectivity index (χ2v) is 6.78. The fourth-order valence-corrected chi connectivity index (χ4v) is 3.92. The molecule has 0 fully saturated rings. The predicted molar refractivity (Wildman–Crippen MR) is 94.2 cm³/mol. The summed E-state index contributed by atoms with van der Waals surface area (Å²) in [5.41, 5.74) is 2.70. The fraction of sp³-hybridized carbons (Fsp3) is 0.125. The Morgan fingerprint density at radius 3 is 2.86 bits per heavy atom. The molecule has 2 aromatic heterocycles. The van der Waals surface area contributed by atoms with Gasteiger partial charge in [0.15, 0.2) is 5.13 Å². The molecule has 112 valence electrons. The number of hydrogen-bond acceptors (Lipinski definition) is 4.